The molecule has 0 spiro atoms. The Morgan fingerprint density at radius 1 is 0.429 bits per heavy atom. The SMILES string of the molecule is CCCCCCC/C=C/CC/C=C/C(O)C(COC1OC(CO)C(O)C(O)C1O)NC(=O)CCCCCCCCCCCCCCCCCCCCCCCCCCCCCCCCCCCOC(=O)CCCCCCCCCCCCCC. The molecule has 1 aliphatic heterocycles. The minimum absolute atomic E-state index is 0.0155. The van der Waals surface area contributed by atoms with Crippen LogP contribution in [0.3, 0.4) is 0 Å². The van der Waals surface area contributed by atoms with Crippen molar-refractivity contribution in [3.8, 4) is 0 Å². The largest absolute Gasteiger partial charge is 0.466 e. The zero-order valence-corrected chi connectivity index (χ0v) is 55.1. The number of aliphatic hydroxyl groups is 5. The Labute approximate surface area is 518 Å². The summed E-state index contributed by atoms with van der Waals surface area (Å²) in [5.74, 6) is -0.171. The molecule has 1 saturated heterocycles. The van der Waals surface area contributed by atoms with Crippen LogP contribution in [0.5, 0.6) is 0 Å². The third-order valence-electron chi connectivity index (χ3n) is 17.6. The van der Waals surface area contributed by atoms with Crippen molar-refractivity contribution in [3.05, 3.63) is 24.3 Å². The van der Waals surface area contributed by atoms with Crippen molar-refractivity contribution in [2.24, 2.45) is 0 Å². The summed E-state index contributed by atoms with van der Waals surface area (Å²) >= 11 is 0. The Morgan fingerprint density at radius 3 is 1.18 bits per heavy atom. The highest BCUT2D eigenvalue weighted by atomic mass is 16.7. The van der Waals surface area contributed by atoms with Crippen molar-refractivity contribution >= 4 is 11.9 Å². The lowest BCUT2D eigenvalue weighted by Crippen LogP contribution is -2.60. The maximum absolute atomic E-state index is 13.0. The molecule has 0 aromatic carbocycles. The van der Waals surface area contributed by atoms with E-state index in [-0.39, 0.29) is 18.5 Å². The minimum Gasteiger partial charge on any atom is -0.466 e. The molecule has 7 unspecified atom stereocenters. The Morgan fingerprint density at radius 2 is 0.774 bits per heavy atom. The maximum Gasteiger partial charge on any atom is 0.305 e. The van der Waals surface area contributed by atoms with Crippen molar-refractivity contribution < 1.29 is 49.3 Å². The number of rotatable bonds is 65. The van der Waals surface area contributed by atoms with E-state index in [2.05, 4.69) is 31.3 Å². The number of hydrogen-bond donors (Lipinski definition) is 6. The second-order valence-electron chi connectivity index (χ2n) is 25.7. The summed E-state index contributed by atoms with van der Waals surface area (Å²) in [6.45, 7) is 4.35. The molecule has 1 heterocycles. The molecular formula is C73H139NO10. The van der Waals surface area contributed by atoms with Gasteiger partial charge in [0.05, 0.1) is 32.0 Å². The van der Waals surface area contributed by atoms with Crippen molar-refractivity contribution in [3.63, 3.8) is 0 Å². The predicted molar refractivity (Wildman–Crippen MR) is 352 cm³/mol. The van der Waals surface area contributed by atoms with Gasteiger partial charge in [-0.25, -0.2) is 0 Å². The average molecular weight is 1190 g/mol. The Kier molecular flexibility index (Phi) is 59.9. The second-order valence-corrected chi connectivity index (χ2v) is 25.7. The summed E-state index contributed by atoms with van der Waals surface area (Å²) in [7, 11) is 0. The van der Waals surface area contributed by atoms with Crippen molar-refractivity contribution in [2.45, 2.75) is 410 Å². The molecule has 1 amide bonds. The number of unbranched alkanes of at least 4 members (excludes halogenated alkanes) is 49. The molecule has 84 heavy (non-hydrogen) atoms. The van der Waals surface area contributed by atoms with Crippen LogP contribution in [0.2, 0.25) is 0 Å². The Hall–Kier alpha value is -1.86. The molecule has 0 bridgehead atoms. The van der Waals surface area contributed by atoms with Crippen LogP contribution in [-0.2, 0) is 23.8 Å². The summed E-state index contributed by atoms with van der Waals surface area (Å²) in [5.41, 5.74) is 0. The monoisotopic (exact) mass is 1190 g/mol. The molecule has 1 fully saturated rings. The van der Waals surface area contributed by atoms with Gasteiger partial charge in [-0.1, -0.05) is 334 Å². The van der Waals surface area contributed by atoms with Gasteiger partial charge in [0, 0.05) is 12.8 Å². The second kappa shape index (κ2) is 62.7. The third kappa shape index (κ3) is 51.1. The lowest BCUT2D eigenvalue weighted by atomic mass is 9.99. The van der Waals surface area contributed by atoms with Crippen LogP contribution in [0.4, 0.5) is 0 Å². The van der Waals surface area contributed by atoms with E-state index in [9.17, 15) is 35.1 Å². The number of carbonyl (C=O) groups excluding carboxylic acids is 2. The molecule has 7 atom stereocenters. The van der Waals surface area contributed by atoms with E-state index in [1.165, 1.54) is 289 Å². The van der Waals surface area contributed by atoms with Gasteiger partial charge in [-0.3, -0.25) is 9.59 Å². The first-order chi connectivity index (χ1) is 41.2. The molecule has 0 aromatic heterocycles. The van der Waals surface area contributed by atoms with Crippen LogP contribution in [0.25, 0.3) is 0 Å². The Balaban J connectivity index is 1.91. The van der Waals surface area contributed by atoms with Crippen LogP contribution in [0.1, 0.15) is 367 Å². The van der Waals surface area contributed by atoms with Gasteiger partial charge >= 0.3 is 5.97 Å². The third-order valence-corrected chi connectivity index (χ3v) is 17.6. The number of aliphatic hydroxyl groups excluding tert-OH is 5. The normalized spacial score (nSPS) is 18.1. The minimum atomic E-state index is -1.57. The summed E-state index contributed by atoms with van der Waals surface area (Å²) in [5, 5.41) is 54.4. The molecule has 11 nitrogen and oxygen atoms in total. The average Bonchev–Trinajstić information content (AvgIpc) is 3.27. The summed E-state index contributed by atoms with van der Waals surface area (Å²) < 4.78 is 16.7. The molecular weight excluding hydrogens is 1050 g/mol. The highest BCUT2D eigenvalue weighted by Crippen LogP contribution is 2.24. The van der Waals surface area contributed by atoms with Gasteiger partial charge in [0.2, 0.25) is 5.91 Å². The van der Waals surface area contributed by atoms with Crippen LogP contribution < -0.4 is 5.32 Å². The predicted octanol–water partition coefficient (Wildman–Crippen LogP) is 18.8. The molecule has 0 radical (unpaired) electrons. The van der Waals surface area contributed by atoms with Crippen LogP contribution in [-0.4, -0.2) is 100 Å². The molecule has 0 aromatic rings. The number of allylic oxidation sites excluding steroid dienone is 3. The summed E-state index contributed by atoms with van der Waals surface area (Å²) in [6, 6.07) is -0.823. The number of esters is 1. The number of ether oxygens (including phenoxy) is 3. The van der Waals surface area contributed by atoms with Gasteiger partial charge in [-0.15, -0.1) is 0 Å². The smallest absolute Gasteiger partial charge is 0.305 e. The van der Waals surface area contributed by atoms with Gasteiger partial charge in [0.1, 0.15) is 24.4 Å². The van der Waals surface area contributed by atoms with Crippen molar-refractivity contribution in [2.75, 3.05) is 19.8 Å². The van der Waals surface area contributed by atoms with Crippen molar-refractivity contribution in [1.29, 1.82) is 0 Å². The van der Waals surface area contributed by atoms with Gasteiger partial charge in [0.15, 0.2) is 6.29 Å². The fourth-order valence-corrected chi connectivity index (χ4v) is 11.8. The van der Waals surface area contributed by atoms with E-state index in [1.807, 2.05) is 6.08 Å². The van der Waals surface area contributed by atoms with Crippen LogP contribution >= 0.6 is 0 Å². The fourth-order valence-electron chi connectivity index (χ4n) is 11.8. The van der Waals surface area contributed by atoms with E-state index in [4.69, 9.17) is 14.2 Å². The number of carbonyl (C=O) groups is 2. The van der Waals surface area contributed by atoms with Crippen LogP contribution in [0.15, 0.2) is 24.3 Å². The molecule has 0 saturated carbocycles. The van der Waals surface area contributed by atoms with E-state index in [0.717, 1.165) is 51.4 Å². The molecule has 1 rings (SSSR count). The van der Waals surface area contributed by atoms with Gasteiger partial charge in [0.25, 0.3) is 0 Å². The molecule has 6 N–H and O–H groups in total. The maximum atomic E-state index is 13.0. The summed E-state index contributed by atoms with van der Waals surface area (Å²) in [4.78, 5) is 25.1. The topological polar surface area (TPSA) is 175 Å². The van der Waals surface area contributed by atoms with Gasteiger partial charge in [-0.2, -0.15) is 0 Å². The highest BCUT2D eigenvalue weighted by Gasteiger charge is 2.44. The van der Waals surface area contributed by atoms with E-state index >= 15 is 0 Å². The number of amides is 1. The lowest BCUT2D eigenvalue weighted by molar-refractivity contribution is -0.302. The first kappa shape index (κ1) is 80.2. The zero-order valence-electron chi connectivity index (χ0n) is 55.1. The van der Waals surface area contributed by atoms with Gasteiger partial charge in [-0.05, 0) is 44.9 Å². The van der Waals surface area contributed by atoms with E-state index in [1.54, 1.807) is 6.08 Å². The number of nitrogens with one attached hydrogen (secondary N) is 1. The zero-order chi connectivity index (χ0) is 60.9. The first-order valence-electron chi connectivity index (χ1n) is 36.6. The molecule has 496 valence electrons. The molecule has 11 heteroatoms. The van der Waals surface area contributed by atoms with Crippen molar-refractivity contribution in [1.82, 2.24) is 5.32 Å². The summed E-state index contributed by atoms with van der Waals surface area (Å²) in [6.07, 6.45) is 69.1. The van der Waals surface area contributed by atoms with Gasteiger partial charge < -0.3 is 45.1 Å². The van der Waals surface area contributed by atoms with Crippen LogP contribution in [0, 0.1) is 0 Å². The standard InChI is InChI=1S/C73H139NO10/c1-3-5-7-9-11-13-15-41-45-49-53-57-61-69(78)82-62-58-54-50-46-42-38-36-34-32-30-28-26-24-22-20-18-16-17-19-21-23-25-27-29-31-33-35-37-40-44-48-52-56-60-68(77)74-65(64-83-73-72(81)71(80)70(79)67(63-75)84-73)66(76)59-55-51-47-43-39-14-12-10-8-6-4-2/h39,43,55,59,65-67,70-73,75-76,79-81H,3-38,40-42,44-54,56-58,60-64H2,1-2H3,(H,74,77)/b43-39+,59-55+. The Bertz CT molecular complexity index is 1440. The lowest BCUT2D eigenvalue weighted by Gasteiger charge is -2.40. The first-order valence-corrected chi connectivity index (χ1v) is 36.6. The molecule has 1 aliphatic rings. The molecule has 0 aliphatic carbocycles. The fraction of sp³-hybridized carbons (Fsp3) is 0.918. The quantitative estimate of drug-likeness (QED) is 0.0195. The van der Waals surface area contributed by atoms with E-state index < -0.39 is 49.5 Å². The van der Waals surface area contributed by atoms with E-state index in [0.29, 0.717) is 19.4 Å². The number of hydrogen-bond acceptors (Lipinski definition) is 10. The highest BCUT2D eigenvalue weighted by molar-refractivity contribution is 5.76.